The lowest BCUT2D eigenvalue weighted by atomic mass is 10.0. The standard InChI is InChI=1S/C31H25N/c1-3-22-10-14-23(15-11-22)25-16-17-29-27(18-25)20-31-28-7-5-4-6-26(28)19-30(32(29)31)24-12-8-21(2)9-13-24/h4-20H,3H2,1-2H3. The van der Waals surface area contributed by atoms with Crippen LogP contribution in [-0.2, 0) is 6.42 Å². The lowest BCUT2D eigenvalue weighted by molar-refractivity contribution is 1.14. The second-order valence-electron chi connectivity index (χ2n) is 8.67. The van der Waals surface area contributed by atoms with Gasteiger partial charge in [-0.1, -0.05) is 91.3 Å². The van der Waals surface area contributed by atoms with Gasteiger partial charge < -0.3 is 4.40 Å². The lowest BCUT2D eigenvalue weighted by Gasteiger charge is -2.12. The molecular weight excluding hydrogens is 386 g/mol. The number of rotatable bonds is 3. The van der Waals surface area contributed by atoms with E-state index in [0.717, 1.165) is 6.42 Å². The van der Waals surface area contributed by atoms with Crippen molar-refractivity contribution in [2.45, 2.75) is 20.3 Å². The third kappa shape index (κ3) is 3.01. The first-order chi connectivity index (χ1) is 15.7. The molecule has 6 rings (SSSR count). The zero-order valence-corrected chi connectivity index (χ0v) is 18.5. The summed E-state index contributed by atoms with van der Waals surface area (Å²) in [6, 6.07) is 38.0. The molecule has 0 saturated carbocycles. The summed E-state index contributed by atoms with van der Waals surface area (Å²) in [6.07, 6.45) is 1.07. The molecule has 0 radical (unpaired) electrons. The van der Waals surface area contributed by atoms with Crippen molar-refractivity contribution < 1.29 is 0 Å². The molecule has 0 N–H and O–H groups in total. The van der Waals surface area contributed by atoms with Crippen molar-refractivity contribution in [2.24, 2.45) is 0 Å². The van der Waals surface area contributed by atoms with Gasteiger partial charge in [0.2, 0.25) is 0 Å². The maximum atomic E-state index is 2.42. The molecule has 1 heteroatoms. The first-order valence-electron chi connectivity index (χ1n) is 11.3. The van der Waals surface area contributed by atoms with Crippen molar-refractivity contribution in [3.8, 4) is 22.4 Å². The fourth-order valence-electron chi connectivity index (χ4n) is 4.79. The van der Waals surface area contributed by atoms with Crippen molar-refractivity contribution in [2.75, 3.05) is 0 Å². The molecule has 1 nitrogen and oxygen atoms in total. The van der Waals surface area contributed by atoms with Gasteiger partial charge in [0.1, 0.15) is 0 Å². The van der Waals surface area contributed by atoms with Crippen molar-refractivity contribution in [1.29, 1.82) is 0 Å². The molecule has 0 atom stereocenters. The molecule has 0 spiro atoms. The van der Waals surface area contributed by atoms with Gasteiger partial charge in [-0.15, -0.1) is 0 Å². The van der Waals surface area contributed by atoms with Gasteiger partial charge in [-0.3, -0.25) is 0 Å². The number of aromatic nitrogens is 1. The highest BCUT2D eigenvalue weighted by atomic mass is 14.9. The molecule has 2 aromatic heterocycles. The number of aryl methyl sites for hydroxylation is 2. The van der Waals surface area contributed by atoms with Crippen LogP contribution < -0.4 is 0 Å². The van der Waals surface area contributed by atoms with Gasteiger partial charge in [0, 0.05) is 10.8 Å². The van der Waals surface area contributed by atoms with Crippen LogP contribution in [0.3, 0.4) is 0 Å². The predicted octanol–water partition coefficient (Wildman–Crippen LogP) is 8.45. The first-order valence-corrected chi connectivity index (χ1v) is 11.3. The average molecular weight is 412 g/mol. The predicted molar refractivity (Wildman–Crippen MR) is 137 cm³/mol. The van der Waals surface area contributed by atoms with Gasteiger partial charge in [0.05, 0.1) is 16.7 Å². The fraction of sp³-hybridized carbons (Fsp3) is 0.0968. The number of benzene rings is 4. The highest BCUT2D eigenvalue weighted by Crippen LogP contribution is 2.35. The van der Waals surface area contributed by atoms with E-state index in [9.17, 15) is 0 Å². The van der Waals surface area contributed by atoms with E-state index in [4.69, 9.17) is 0 Å². The summed E-state index contributed by atoms with van der Waals surface area (Å²) in [5, 5.41) is 3.83. The fourth-order valence-corrected chi connectivity index (χ4v) is 4.79. The van der Waals surface area contributed by atoms with Crippen LogP contribution >= 0.6 is 0 Å². The van der Waals surface area contributed by atoms with E-state index in [0.29, 0.717) is 0 Å². The minimum atomic E-state index is 1.07. The Hall–Kier alpha value is -3.84. The molecule has 0 saturated heterocycles. The lowest BCUT2D eigenvalue weighted by Crippen LogP contribution is -1.93. The molecule has 32 heavy (non-hydrogen) atoms. The third-order valence-electron chi connectivity index (χ3n) is 6.61. The Morgan fingerprint density at radius 1 is 0.594 bits per heavy atom. The Balaban J connectivity index is 1.64. The Labute approximate surface area is 188 Å². The average Bonchev–Trinajstić information content (AvgIpc) is 3.23. The van der Waals surface area contributed by atoms with E-state index < -0.39 is 0 Å². The number of nitrogens with zero attached hydrogens (tertiary/aromatic N) is 1. The van der Waals surface area contributed by atoms with Gasteiger partial charge in [0.15, 0.2) is 0 Å². The van der Waals surface area contributed by atoms with Gasteiger partial charge in [-0.25, -0.2) is 0 Å². The molecule has 6 aromatic rings. The molecular formula is C31H25N. The summed E-state index contributed by atoms with van der Waals surface area (Å²) in [5.41, 5.74) is 10.2. The number of pyridine rings is 1. The maximum absolute atomic E-state index is 2.42. The summed E-state index contributed by atoms with van der Waals surface area (Å²) < 4.78 is 2.42. The Kier molecular flexibility index (Phi) is 4.36. The van der Waals surface area contributed by atoms with Crippen molar-refractivity contribution >= 4 is 27.2 Å². The molecule has 2 heterocycles. The van der Waals surface area contributed by atoms with Gasteiger partial charge in [-0.05, 0) is 65.3 Å². The largest absolute Gasteiger partial charge is 0.309 e. The van der Waals surface area contributed by atoms with E-state index in [1.54, 1.807) is 0 Å². The Bertz CT molecular complexity index is 1580. The van der Waals surface area contributed by atoms with Crippen molar-refractivity contribution in [3.05, 3.63) is 114 Å². The van der Waals surface area contributed by atoms with Crippen LogP contribution in [-0.4, -0.2) is 4.40 Å². The number of hydrogen-bond acceptors (Lipinski definition) is 0. The van der Waals surface area contributed by atoms with Crippen LogP contribution in [0.5, 0.6) is 0 Å². The minimum Gasteiger partial charge on any atom is -0.309 e. The van der Waals surface area contributed by atoms with Crippen molar-refractivity contribution in [3.63, 3.8) is 0 Å². The number of hydrogen-bond donors (Lipinski definition) is 0. The summed E-state index contributed by atoms with van der Waals surface area (Å²) in [4.78, 5) is 0. The van der Waals surface area contributed by atoms with Crippen LogP contribution in [0.25, 0.3) is 49.6 Å². The smallest absolute Gasteiger partial charge is 0.0547 e. The van der Waals surface area contributed by atoms with E-state index >= 15 is 0 Å². The quantitative estimate of drug-likeness (QED) is 0.275. The van der Waals surface area contributed by atoms with E-state index in [-0.39, 0.29) is 0 Å². The zero-order chi connectivity index (χ0) is 21.7. The molecule has 4 aromatic carbocycles. The Morgan fingerprint density at radius 2 is 1.31 bits per heavy atom. The van der Waals surface area contributed by atoms with Crippen LogP contribution in [0.2, 0.25) is 0 Å². The van der Waals surface area contributed by atoms with Gasteiger partial charge >= 0.3 is 0 Å². The van der Waals surface area contributed by atoms with Crippen LogP contribution in [0.4, 0.5) is 0 Å². The summed E-state index contributed by atoms with van der Waals surface area (Å²) in [7, 11) is 0. The van der Waals surface area contributed by atoms with Crippen molar-refractivity contribution in [1.82, 2.24) is 4.40 Å². The molecule has 0 aliphatic carbocycles. The minimum absolute atomic E-state index is 1.07. The SMILES string of the molecule is CCc1ccc(-c2ccc3c(c2)cc2c4ccccc4cc(-c4ccc(C)cc4)n32)cc1. The van der Waals surface area contributed by atoms with Crippen LogP contribution in [0.1, 0.15) is 18.1 Å². The van der Waals surface area contributed by atoms with Crippen LogP contribution in [0, 0.1) is 6.92 Å². The molecule has 0 bridgehead atoms. The van der Waals surface area contributed by atoms with E-state index in [2.05, 4.69) is 121 Å². The first kappa shape index (κ1) is 18.9. The Morgan fingerprint density at radius 3 is 2.09 bits per heavy atom. The summed E-state index contributed by atoms with van der Waals surface area (Å²) in [6.45, 7) is 4.34. The second-order valence-corrected chi connectivity index (χ2v) is 8.67. The molecule has 0 unspecified atom stereocenters. The normalized spacial score (nSPS) is 11.6. The highest BCUT2D eigenvalue weighted by molar-refractivity contribution is 6.05. The third-order valence-corrected chi connectivity index (χ3v) is 6.61. The highest BCUT2D eigenvalue weighted by Gasteiger charge is 2.13. The van der Waals surface area contributed by atoms with Gasteiger partial charge in [-0.2, -0.15) is 0 Å². The molecule has 0 aliphatic heterocycles. The maximum Gasteiger partial charge on any atom is 0.0547 e. The molecule has 0 fully saturated rings. The molecule has 154 valence electrons. The molecule has 0 amide bonds. The van der Waals surface area contributed by atoms with Gasteiger partial charge in [0.25, 0.3) is 0 Å². The zero-order valence-electron chi connectivity index (χ0n) is 18.5. The monoisotopic (exact) mass is 411 g/mol. The summed E-state index contributed by atoms with van der Waals surface area (Å²) >= 11 is 0. The van der Waals surface area contributed by atoms with E-state index in [1.165, 1.54) is 60.7 Å². The topological polar surface area (TPSA) is 4.41 Å². The second kappa shape index (κ2) is 7.39. The molecule has 0 aliphatic rings. The number of fused-ring (bicyclic) bond motifs is 5. The van der Waals surface area contributed by atoms with E-state index in [1.807, 2.05) is 0 Å². The summed E-state index contributed by atoms with van der Waals surface area (Å²) in [5.74, 6) is 0. The van der Waals surface area contributed by atoms with Crippen LogP contribution in [0.15, 0.2) is 103 Å².